The zero-order valence-corrected chi connectivity index (χ0v) is 15.5. The van der Waals surface area contributed by atoms with Crippen LogP contribution in [0.3, 0.4) is 0 Å². The fraction of sp³-hybridized carbons (Fsp3) is 0.316. The zero-order valence-electron chi connectivity index (χ0n) is 14.7. The summed E-state index contributed by atoms with van der Waals surface area (Å²) >= 11 is 1.48. The van der Waals surface area contributed by atoms with Crippen molar-refractivity contribution in [2.45, 2.75) is 25.5 Å². The molecule has 7 heteroatoms. The molecule has 1 aliphatic heterocycles. The fourth-order valence-corrected chi connectivity index (χ4v) is 3.87. The van der Waals surface area contributed by atoms with Crippen LogP contribution in [0.4, 0.5) is 0 Å². The quantitative estimate of drug-likeness (QED) is 0.769. The Morgan fingerprint density at radius 2 is 1.96 bits per heavy atom. The zero-order chi connectivity index (χ0) is 18.3. The monoisotopic (exact) mass is 368 g/mol. The van der Waals surface area contributed by atoms with Gasteiger partial charge in [-0.2, -0.15) is 0 Å². The normalized spacial score (nSPS) is 15.1. The van der Waals surface area contributed by atoms with Gasteiger partial charge in [0.1, 0.15) is 11.3 Å². The number of benzene rings is 1. The van der Waals surface area contributed by atoms with Gasteiger partial charge in [-0.05, 0) is 30.9 Å². The van der Waals surface area contributed by atoms with E-state index in [4.69, 9.17) is 0 Å². The van der Waals surface area contributed by atoms with Crippen molar-refractivity contribution >= 4 is 17.2 Å². The predicted octanol–water partition coefficient (Wildman–Crippen LogP) is 2.93. The highest BCUT2D eigenvalue weighted by Gasteiger charge is 2.35. The molecular weight excluding hydrogens is 348 g/mol. The van der Waals surface area contributed by atoms with Crippen molar-refractivity contribution in [3.63, 3.8) is 0 Å². The largest absolute Gasteiger partial charge is 0.384 e. The first-order valence-corrected chi connectivity index (χ1v) is 9.38. The number of aromatic nitrogens is 3. The Balaban J connectivity index is 1.46. The number of amides is 1. The van der Waals surface area contributed by atoms with Crippen molar-refractivity contribution in [1.29, 1.82) is 0 Å². The number of carbonyl (C=O) groups is 1. The Kier molecular flexibility index (Phi) is 4.13. The van der Waals surface area contributed by atoms with Crippen LogP contribution in [0.25, 0.3) is 11.1 Å². The summed E-state index contributed by atoms with van der Waals surface area (Å²) < 4.78 is 1.74. The van der Waals surface area contributed by atoms with Gasteiger partial charge in [0.05, 0.1) is 17.1 Å². The van der Waals surface area contributed by atoms with Gasteiger partial charge in [0.2, 0.25) is 0 Å². The number of aliphatic hydroxyl groups is 1. The summed E-state index contributed by atoms with van der Waals surface area (Å²) in [5.74, 6) is 0.0536. The number of thiophene rings is 1. The van der Waals surface area contributed by atoms with Crippen LogP contribution in [-0.4, -0.2) is 44.0 Å². The summed E-state index contributed by atoms with van der Waals surface area (Å²) in [6, 6.07) is 12.1. The summed E-state index contributed by atoms with van der Waals surface area (Å²) in [5, 5.41) is 20.1. The third-order valence-corrected chi connectivity index (χ3v) is 5.51. The van der Waals surface area contributed by atoms with Crippen LogP contribution in [0.2, 0.25) is 0 Å². The van der Waals surface area contributed by atoms with Gasteiger partial charge in [-0.15, -0.1) is 16.4 Å². The smallest absolute Gasteiger partial charge is 0.264 e. The summed E-state index contributed by atoms with van der Waals surface area (Å²) in [5.41, 5.74) is 1.56. The molecule has 1 fully saturated rings. The van der Waals surface area contributed by atoms with Crippen LogP contribution in [0.15, 0.2) is 48.0 Å². The Bertz CT molecular complexity index is 920. The molecule has 0 radical (unpaired) electrons. The highest BCUT2D eigenvalue weighted by molar-refractivity contribution is 7.12. The highest BCUT2D eigenvalue weighted by atomic mass is 32.1. The Morgan fingerprint density at radius 3 is 2.62 bits per heavy atom. The first kappa shape index (κ1) is 16.9. The van der Waals surface area contributed by atoms with E-state index in [-0.39, 0.29) is 11.9 Å². The molecule has 3 aromatic rings. The first-order chi connectivity index (χ1) is 12.4. The van der Waals surface area contributed by atoms with E-state index in [1.807, 2.05) is 46.7 Å². The van der Waals surface area contributed by atoms with E-state index in [0.29, 0.717) is 18.8 Å². The van der Waals surface area contributed by atoms with Gasteiger partial charge in [0.25, 0.3) is 5.91 Å². The number of rotatable bonds is 4. The van der Waals surface area contributed by atoms with Crippen LogP contribution in [-0.2, 0) is 5.60 Å². The second-order valence-electron chi connectivity index (χ2n) is 7.04. The summed E-state index contributed by atoms with van der Waals surface area (Å²) in [6.45, 7) is 4.55. The van der Waals surface area contributed by atoms with Crippen LogP contribution >= 0.6 is 11.3 Å². The summed E-state index contributed by atoms with van der Waals surface area (Å²) in [7, 11) is 0. The highest BCUT2D eigenvalue weighted by Crippen LogP contribution is 2.32. The average Bonchev–Trinajstić information content (AvgIpc) is 3.23. The number of carbonyl (C=O) groups excluding carboxylic acids is 1. The van der Waals surface area contributed by atoms with Gasteiger partial charge in [-0.1, -0.05) is 35.5 Å². The lowest BCUT2D eigenvalue weighted by Crippen LogP contribution is -2.50. The molecule has 1 aliphatic rings. The van der Waals surface area contributed by atoms with Gasteiger partial charge >= 0.3 is 0 Å². The van der Waals surface area contributed by atoms with Gasteiger partial charge < -0.3 is 10.0 Å². The number of nitrogens with zero attached hydrogens (tertiary/aromatic N) is 4. The van der Waals surface area contributed by atoms with Crippen LogP contribution in [0.1, 0.15) is 35.3 Å². The minimum atomic E-state index is -1.01. The molecule has 6 nitrogen and oxygen atoms in total. The van der Waals surface area contributed by atoms with E-state index in [9.17, 15) is 9.90 Å². The molecular formula is C19H20N4O2S. The molecule has 1 amide bonds. The molecule has 4 rings (SSSR count). The maximum absolute atomic E-state index is 12.9. The van der Waals surface area contributed by atoms with Gasteiger partial charge in [0.15, 0.2) is 0 Å². The summed E-state index contributed by atoms with van der Waals surface area (Å²) in [6.07, 6.45) is 1.76. The Morgan fingerprint density at radius 1 is 1.23 bits per heavy atom. The molecule has 3 heterocycles. The second kappa shape index (κ2) is 6.34. The fourth-order valence-electron chi connectivity index (χ4n) is 2.99. The molecule has 134 valence electrons. The third-order valence-electron chi connectivity index (χ3n) is 4.60. The average molecular weight is 368 g/mol. The number of likely N-dealkylation sites (tertiary alicyclic amines) is 1. The second-order valence-corrected chi connectivity index (χ2v) is 7.95. The molecule has 1 aromatic carbocycles. The van der Waals surface area contributed by atoms with E-state index >= 15 is 0 Å². The van der Waals surface area contributed by atoms with Crippen LogP contribution < -0.4 is 0 Å². The SMILES string of the molecule is CC(C)(O)c1cn(C2CN(C(=O)c3sccc3-c3ccccc3)C2)nn1. The van der Waals surface area contributed by atoms with E-state index in [0.717, 1.165) is 16.0 Å². The maximum atomic E-state index is 12.9. The summed E-state index contributed by atoms with van der Waals surface area (Å²) in [4.78, 5) is 15.5. The molecule has 1 saturated heterocycles. The van der Waals surface area contributed by atoms with Gasteiger partial charge in [-0.25, -0.2) is 4.68 Å². The van der Waals surface area contributed by atoms with E-state index < -0.39 is 5.60 Å². The molecule has 0 bridgehead atoms. The van der Waals surface area contributed by atoms with E-state index in [1.54, 1.807) is 24.7 Å². The Labute approximate surface area is 155 Å². The topological polar surface area (TPSA) is 71.2 Å². The molecule has 0 atom stereocenters. The molecule has 26 heavy (non-hydrogen) atoms. The lowest BCUT2D eigenvalue weighted by atomic mass is 10.0. The number of hydrogen-bond donors (Lipinski definition) is 1. The van der Waals surface area contributed by atoms with Crippen LogP contribution in [0.5, 0.6) is 0 Å². The van der Waals surface area contributed by atoms with Crippen molar-refractivity contribution in [3.05, 3.63) is 58.5 Å². The van der Waals surface area contributed by atoms with Gasteiger partial charge in [0, 0.05) is 18.7 Å². The third kappa shape index (κ3) is 3.04. The molecule has 1 N–H and O–H groups in total. The molecule has 2 aromatic heterocycles. The molecule has 0 aliphatic carbocycles. The predicted molar refractivity (Wildman–Crippen MR) is 100.0 cm³/mol. The van der Waals surface area contributed by atoms with Crippen molar-refractivity contribution in [1.82, 2.24) is 19.9 Å². The van der Waals surface area contributed by atoms with Crippen molar-refractivity contribution in [3.8, 4) is 11.1 Å². The standard InChI is InChI=1S/C19H20N4O2S/c1-19(2,25)16-12-23(21-20-16)14-10-22(11-14)18(24)17-15(8-9-26-17)13-6-4-3-5-7-13/h3-9,12,14,25H,10-11H2,1-2H3. The van der Waals surface area contributed by atoms with Gasteiger partial charge in [-0.3, -0.25) is 4.79 Å². The van der Waals surface area contributed by atoms with Crippen molar-refractivity contribution < 1.29 is 9.90 Å². The number of hydrogen-bond acceptors (Lipinski definition) is 5. The molecule has 0 spiro atoms. The molecule has 0 unspecified atom stereocenters. The van der Waals surface area contributed by atoms with Crippen molar-refractivity contribution in [2.75, 3.05) is 13.1 Å². The van der Waals surface area contributed by atoms with E-state index in [2.05, 4.69) is 10.3 Å². The Hall–Kier alpha value is -2.51. The first-order valence-electron chi connectivity index (χ1n) is 8.50. The van der Waals surface area contributed by atoms with Crippen molar-refractivity contribution in [2.24, 2.45) is 0 Å². The maximum Gasteiger partial charge on any atom is 0.264 e. The lowest BCUT2D eigenvalue weighted by molar-refractivity contribution is 0.0502. The molecule has 0 saturated carbocycles. The lowest BCUT2D eigenvalue weighted by Gasteiger charge is -2.38. The van der Waals surface area contributed by atoms with E-state index in [1.165, 1.54) is 11.3 Å². The minimum absolute atomic E-state index is 0.0536. The minimum Gasteiger partial charge on any atom is -0.384 e. The van der Waals surface area contributed by atoms with Crippen LogP contribution in [0, 0.1) is 0 Å².